The van der Waals surface area contributed by atoms with E-state index in [0.29, 0.717) is 12.0 Å². The normalized spacial score (nSPS) is 27.9. The first-order chi connectivity index (χ1) is 7.34. The second kappa shape index (κ2) is 5.75. The third-order valence-electron chi connectivity index (χ3n) is 3.24. The van der Waals surface area contributed by atoms with Gasteiger partial charge in [0, 0.05) is 19.0 Å². The molecular weight excluding hydrogens is 208 g/mol. The Morgan fingerprint density at radius 2 is 2.13 bits per heavy atom. The number of rotatable bonds is 3. The smallest absolute Gasteiger partial charge is 0.220 e. The molecule has 2 saturated heterocycles. The Hall–Kier alpha value is -0.220. The largest absolute Gasteiger partial charge is 0.352 e. The minimum Gasteiger partial charge on any atom is -0.352 e. The van der Waals surface area contributed by atoms with Gasteiger partial charge < -0.3 is 10.6 Å². The Balaban J connectivity index is 1.66. The highest BCUT2D eigenvalue weighted by atomic mass is 32.2. The standard InChI is InChI=1S/C11H20N2OS/c14-11(13-10-1-4-12-8-10)7-9-2-5-15-6-3-9/h9-10,12H,1-8H2,(H,13,14). The molecule has 15 heavy (non-hydrogen) atoms. The molecule has 1 amide bonds. The third-order valence-corrected chi connectivity index (χ3v) is 4.29. The Morgan fingerprint density at radius 1 is 1.33 bits per heavy atom. The van der Waals surface area contributed by atoms with Gasteiger partial charge in [-0.3, -0.25) is 4.79 Å². The summed E-state index contributed by atoms with van der Waals surface area (Å²) in [5.74, 6) is 3.38. The van der Waals surface area contributed by atoms with Crippen molar-refractivity contribution in [2.24, 2.45) is 5.92 Å². The summed E-state index contributed by atoms with van der Waals surface area (Å²) >= 11 is 2.02. The number of thioether (sulfide) groups is 1. The molecule has 1 unspecified atom stereocenters. The maximum Gasteiger partial charge on any atom is 0.220 e. The van der Waals surface area contributed by atoms with Gasteiger partial charge in [0.15, 0.2) is 0 Å². The Morgan fingerprint density at radius 3 is 2.80 bits per heavy atom. The maximum absolute atomic E-state index is 11.7. The number of amides is 1. The van der Waals surface area contributed by atoms with Crippen LogP contribution < -0.4 is 10.6 Å². The minimum atomic E-state index is 0.264. The number of nitrogens with one attached hydrogen (secondary N) is 2. The van der Waals surface area contributed by atoms with Crippen molar-refractivity contribution in [3.05, 3.63) is 0 Å². The zero-order valence-electron chi connectivity index (χ0n) is 9.13. The van der Waals surface area contributed by atoms with E-state index in [1.165, 1.54) is 24.3 Å². The highest BCUT2D eigenvalue weighted by Gasteiger charge is 2.20. The quantitative estimate of drug-likeness (QED) is 0.757. The first-order valence-corrected chi connectivity index (χ1v) is 7.08. The first-order valence-electron chi connectivity index (χ1n) is 5.92. The minimum absolute atomic E-state index is 0.264. The molecule has 1 atom stereocenters. The molecule has 2 aliphatic rings. The van der Waals surface area contributed by atoms with Gasteiger partial charge in [-0.25, -0.2) is 0 Å². The molecule has 86 valence electrons. The Labute approximate surface area is 95.8 Å². The fourth-order valence-corrected chi connectivity index (χ4v) is 3.48. The predicted octanol–water partition coefficient (Wildman–Crippen LogP) is 0.998. The molecule has 3 nitrogen and oxygen atoms in total. The molecule has 0 aromatic rings. The molecule has 0 saturated carbocycles. The van der Waals surface area contributed by atoms with E-state index >= 15 is 0 Å². The van der Waals surface area contributed by atoms with Gasteiger partial charge in [-0.2, -0.15) is 11.8 Å². The predicted molar refractivity (Wildman–Crippen MR) is 64.1 cm³/mol. The molecule has 2 aliphatic heterocycles. The molecule has 0 radical (unpaired) electrons. The summed E-state index contributed by atoms with van der Waals surface area (Å²) in [5.41, 5.74) is 0. The molecule has 2 rings (SSSR count). The summed E-state index contributed by atoms with van der Waals surface area (Å²) in [6.45, 7) is 2.00. The summed E-state index contributed by atoms with van der Waals surface area (Å²) in [4.78, 5) is 11.7. The van der Waals surface area contributed by atoms with Gasteiger partial charge in [0.2, 0.25) is 5.91 Å². The van der Waals surface area contributed by atoms with E-state index in [4.69, 9.17) is 0 Å². The second-order valence-corrected chi connectivity index (χ2v) is 5.74. The summed E-state index contributed by atoms with van der Waals surface area (Å²) in [6.07, 6.45) is 4.28. The van der Waals surface area contributed by atoms with E-state index in [2.05, 4.69) is 10.6 Å². The average molecular weight is 228 g/mol. The zero-order chi connectivity index (χ0) is 10.5. The van der Waals surface area contributed by atoms with Crippen LogP contribution in [0.3, 0.4) is 0 Å². The Kier molecular flexibility index (Phi) is 4.32. The van der Waals surface area contributed by atoms with Crippen molar-refractivity contribution in [1.29, 1.82) is 0 Å². The molecule has 2 heterocycles. The topological polar surface area (TPSA) is 41.1 Å². The first kappa shape index (κ1) is 11.3. The van der Waals surface area contributed by atoms with Crippen molar-refractivity contribution in [3.63, 3.8) is 0 Å². The number of carbonyl (C=O) groups is 1. The second-order valence-electron chi connectivity index (χ2n) is 4.52. The zero-order valence-corrected chi connectivity index (χ0v) is 9.94. The lowest BCUT2D eigenvalue weighted by Crippen LogP contribution is -2.37. The number of hydrogen-bond acceptors (Lipinski definition) is 3. The van der Waals surface area contributed by atoms with E-state index in [9.17, 15) is 4.79 Å². The molecule has 4 heteroatoms. The van der Waals surface area contributed by atoms with E-state index in [0.717, 1.165) is 25.9 Å². The van der Waals surface area contributed by atoms with Gasteiger partial charge >= 0.3 is 0 Å². The molecular formula is C11H20N2OS. The number of carbonyl (C=O) groups excluding carboxylic acids is 1. The van der Waals surface area contributed by atoms with Crippen LogP contribution in [0.25, 0.3) is 0 Å². The van der Waals surface area contributed by atoms with Crippen LogP contribution in [0, 0.1) is 5.92 Å². The third kappa shape index (κ3) is 3.68. The molecule has 0 aromatic heterocycles. The van der Waals surface area contributed by atoms with Crippen molar-refractivity contribution < 1.29 is 4.79 Å². The Bertz CT molecular complexity index is 211. The van der Waals surface area contributed by atoms with Crippen LogP contribution in [0.2, 0.25) is 0 Å². The van der Waals surface area contributed by atoms with Crippen LogP contribution in [0.1, 0.15) is 25.7 Å². The van der Waals surface area contributed by atoms with Crippen LogP contribution in [-0.2, 0) is 4.79 Å². The highest BCUT2D eigenvalue weighted by molar-refractivity contribution is 7.99. The monoisotopic (exact) mass is 228 g/mol. The van der Waals surface area contributed by atoms with E-state index < -0.39 is 0 Å². The lowest BCUT2D eigenvalue weighted by Gasteiger charge is -2.21. The average Bonchev–Trinajstić information content (AvgIpc) is 2.71. The van der Waals surface area contributed by atoms with E-state index in [-0.39, 0.29) is 5.91 Å². The molecule has 0 aromatic carbocycles. The van der Waals surface area contributed by atoms with Crippen molar-refractivity contribution >= 4 is 17.7 Å². The van der Waals surface area contributed by atoms with Gasteiger partial charge in [0.05, 0.1) is 0 Å². The van der Waals surface area contributed by atoms with Crippen molar-refractivity contribution in [2.75, 3.05) is 24.6 Å². The van der Waals surface area contributed by atoms with Crippen LogP contribution in [-0.4, -0.2) is 36.5 Å². The van der Waals surface area contributed by atoms with Crippen LogP contribution >= 0.6 is 11.8 Å². The van der Waals surface area contributed by atoms with Gasteiger partial charge in [-0.15, -0.1) is 0 Å². The van der Waals surface area contributed by atoms with Gasteiger partial charge in [0.25, 0.3) is 0 Å². The lowest BCUT2D eigenvalue weighted by molar-refractivity contribution is -0.122. The fraction of sp³-hybridized carbons (Fsp3) is 0.909. The maximum atomic E-state index is 11.7. The molecule has 0 bridgehead atoms. The highest BCUT2D eigenvalue weighted by Crippen LogP contribution is 2.25. The van der Waals surface area contributed by atoms with Crippen molar-refractivity contribution in [2.45, 2.75) is 31.7 Å². The van der Waals surface area contributed by atoms with E-state index in [1.807, 2.05) is 11.8 Å². The van der Waals surface area contributed by atoms with E-state index in [1.54, 1.807) is 0 Å². The molecule has 2 fully saturated rings. The fourth-order valence-electron chi connectivity index (χ4n) is 2.28. The summed E-state index contributed by atoms with van der Waals surface area (Å²) in [7, 11) is 0. The van der Waals surface area contributed by atoms with Crippen LogP contribution in [0.5, 0.6) is 0 Å². The van der Waals surface area contributed by atoms with Gasteiger partial charge in [-0.1, -0.05) is 0 Å². The SMILES string of the molecule is O=C(CC1CCSCC1)NC1CCNC1. The van der Waals surface area contributed by atoms with Gasteiger partial charge in [-0.05, 0) is 43.2 Å². The number of hydrogen-bond donors (Lipinski definition) is 2. The van der Waals surface area contributed by atoms with Crippen molar-refractivity contribution in [3.8, 4) is 0 Å². The molecule has 0 aliphatic carbocycles. The summed E-state index contributed by atoms with van der Waals surface area (Å²) in [5, 5.41) is 6.38. The molecule has 0 spiro atoms. The lowest BCUT2D eigenvalue weighted by atomic mass is 9.98. The van der Waals surface area contributed by atoms with Crippen LogP contribution in [0.4, 0.5) is 0 Å². The van der Waals surface area contributed by atoms with Crippen molar-refractivity contribution in [1.82, 2.24) is 10.6 Å². The van der Waals surface area contributed by atoms with Gasteiger partial charge in [0.1, 0.15) is 0 Å². The van der Waals surface area contributed by atoms with Crippen LogP contribution in [0.15, 0.2) is 0 Å². The molecule has 2 N–H and O–H groups in total. The summed E-state index contributed by atoms with van der Waals surface area (Å²) in [6, 6.07) is 0.385. The summed E-state index contributed by atoms with van der Waals surface area (Å²) < 4.78 is 0.